The molecular formula is C14H28N2O4. The molecule has 0 aromatic rings. The van der Waals surface area contributed by atoms with E-state index in [2.05, 4.69) is 47.8 Å². The maximum absolute atomic E-state index is 11.1. The molecule has 0 aliphatic rings. The Morgan fingerprint density at radius 1 is 0.900 bits per heavy atom. The minimum Gasteiger partial charge on any atom is -0.453 e. The molecule has 2 amide bonds. The topological polar surface area (TPSA) is 76.7 Å². The summed E-state index contributed by atoms with van der Waals surface area (Å²) in [6.45, 7) is 9.60. The number of nitrogens with one attached hydrogen (secondary N) is 2. The van der Waals surface area contributed by atoms with Gasteiger partial charge in [-0.15, -0.1) is 0 Å². The Bertz CT molecular complexity index is 327. The highest BCUT2D eigenvalue weighted by Crippen LogP contribution is 2.35. The number of amides is 2. The molecule has 0 fully saturated rings. The Balaban J connectivity index is 4.20. The third-order valence-electron chi connectivity index (χ3n) is 3.11. The lowest BCUT2D eigenvalue weighted by atomic mass is 9.73. The Morgan fingerprint density at radius 2 is 1.40 bits per heavy atom. The highest BCUT2D eigenvalue weighted by atomic mass is 16.5. The molecule has 0 rings (SSSR count). The molecule has 0 unspecified atom stereocenters. The van der Waals surface area contributed by atoms with Crippen LogP contribution >= 0.6 is 0 Å². The minimum atomic E-state index is -0.414. The standard InChI is InChI=1S/C14H28N2O4/c1-13(2,7-8-15-11(17)19-5)9-14(3,4)10-16-12(18)20-6/h7-10H2,1-6H3,(H,15,17)(H,16,18). The summed E-state index contributed by atoms with van der Waals surface area (Å²) in [6, 6.07) is 0. The molecule has 0 aliphatic heterocycles. The molecule has 0 heterocycles. The van der Waals surface area contributed by atoms with Crippen LogP contribution in [0.5, 0.6) is 0 Å². The summed E-state index contributed by atoms with van der Waals surface area (Å²) in [5, 5.41) is 5.41. The molecule has 118 valence electrons. The van der Waals surface area contributed by atoms with Gasteiger partial charge in [-0.25, -0.2) is 9.59 Å². The van der Waals surface area contributed by atoms with Gasteiger partial charge in [0.15, 0.2) is 0 Å². The lowest BCUT2D eigenvalue weighted by Gasteiger charge is -2.35. The monoisotopic (exact) mass is 288 g/mol. The molecular weight excluding hydrogens is 260 g/mol. The number of alkyl carbamates (subject to hydrolysis) is 2. The number of carbonyl (C=O) groups is 2. The van der Waals surface area contributed by atoms with E-state index in [4.69, 9.17) is 0 Å². The number of rotatable bonds is 7. The van der Waals surface area contributed by atoms with Crippen LogP contribution in [0.3, 0.4) is 0 Å². The summed E-state index contributed by atoms with van der Waals surface area (Å²) in [5.74, 6) is 0. The van der Waals surface area contributed by atoms with Crippen LogP contribution in [0.4, 0.5) is 9.59 Å². The molecule has 0 aromatic heterocycles. The van der Waals surface area contributed by atoms with E-state index in [-0.39, 0.29) is 10.8 Å². The lowest BCUT2D eigenvalue weighted by Crippen LogP contribution is -2.37. The smallest absolute Gasteiger partial charge is 0.406 e. The predicted molar refractivity (Wildman–Crippen MR) is 77.6 cm³/mol. The average Bonchev–Trinajstić information content (AvgIpc) is 2.34. The van der Waals surface area contributed by atoms with Gasteiger partial charge in [0.2, 0.25) is 0 Å². The molecule has 0 spiro atoms. The van der Waals surface area contributed by atoms with E-state index in [1.807, 2.05) is 0 Å². The number of carbonyl (C=O) groups excluding carboxylic acids is 2. The molecule has 20 heavy (non-hydrogen) atoms. The predicted octanol–water partition coefficient (Wildman–Crippen LogP) is 2.53. The maximum atomic E-state index is 11.1. The van der Waals surface area contributed by atoms with E-state index in [1.165, 1.54) is 14.2 Å². The Labute approximate surface area is 121 Å². The number of methoxy groups -OCH3 is 2. The largest absolute Gasteiger partial charge is 0.453 e. The van der Waals surface area contributed by atoms with E-state index in [0.717, 1.165) is 12.8 Å². The molecule has 2 N–H and O–H groups in total. The van der Waals surface area contributed by atoms with Gasteiger partial charge >= 0.3 is 12.2 Å². The second-order valence-corrected chi connectivity index (χ2v) is 6.52. The minimum absolute atomic E-state index is 0.0440. The first-order valence-corrected chi connectivity index (χ1v) is 6.75. The van der Waals surface area contributed by atoms with Gasteiger partial charge in [-0.3, -0.25) is 0 Å². The molecule has 0 aliphatic carbocycles. The van der Waals surface area contributed by atoms with Crippen molar-refractivity contribution in [3.05, 3.63) is 0 Å². The molecule has 6 nitrogen and oxygen atoms in total. The zero-order chi connectivity index (χ0) is 15.8. The van der Waals surface area contributed by atoms with Gasteiger partial charge in [-0.1, -0.05) is 27.7 Å². The molecule has 6 heteroatoms. The summed E-state index contributed by atoms with van der Waals surface area (Å²) in [6.07, 6.45) is 0.923. The van der Waals surface area contributed by atoms with Crippen molar-refractivity contribution < 1.29 is 19.1 Å². The van der Waals surface area contributed by atoms with Crippen LogP contribution in [0, 0.1) is 10.8 Å². The Kier molecular flexibility index (Phi) is 7.39. The first-order valence-electron chi connectivity index (χ1n) is 6.75. The first-order chi connectivity index (χ1) is 9.12. The Hall–Kier alpha value is -1.46. The summed E-state index contributed by atoms with van der Waals surface area (Å²) in [4.78, 5) is 22.1. The highest BCUT2D eigenvalue weighted by Gasteiger charge is 2.29. The van der Waals surface area contributed by atoms with Crippen LogP contribution in [0.2, 0.25) is 0 Å². The van der Waals surface area contributed by atoms with Crippen molar-refractivity contribution >= 4 is 12.2 Å². The molecule has 0 saturated carbocycles. The van der Waals surface area contributed by atoms with Crippen molar-refractivity contribution in [3.63, 3.8) is 0 Å². The van der Waals surface area contributed by atoms with Crippen molar-refractivity contribution in [3.8, 4) is 0 Å². The molecule has 0 saturated heterocycles. The van der Waals surface area contributed by atoms with Gasteiger partial charge < -0.3 is 20.1 Å². The second-order valence-electron chi connectivity index (χ2n) is 6.52. The van der Waals surface area contributed by atoms with Gasteiger partial charge in [0.1, 0.15) is 0 Å². The van der Waals surface area contributed by atoms with Crippen LogP contribution in [-0.4, -0.2) is 39.5 Å². The fourth-order valence-corrected chi connectivity index (χ4v) is 2.41. The van der Waals surface area contributed by atoms with Gasteiger partial charge in [0, 0.05) is 13.1 Å². The fourth-order valence-electron chi connectivity index (χ4n) is 2.41. The van der Waals surface area contributed by atoms with Gasteiger partial charge in [-0.2, -0.15) is 0 Å². The summed E-state index contributed by atoms with van der Waals surface area (Å²) in [5.41, 5.74) is -0.00865. The maximum Gasteiger partial charge on any atom is 0.406 e. The second kappa shape index (κ2) is 7.97. The van der Waals surface area contributed by atoms with E-state index in [0.29, 0.717) is 13.1 Å². The van der Waals surface area contributed by atoms with Crippen molar-refractivity contribution in [1.82, 2.24) is 10.6 Å². The van der Waals surface area contributed by atoms with Crippen LogP contribution in [0.25, 0.3) is 0 Å². The van der Waals surface area contributed by atoms with Gasteiger partial charge in [-0.05, 0) is 23.7 Å². The summed E-state index contributed by atoms with van der Waals surface area (Å²) >= 11 is 0. The third kappa shape index (κ3) is 8.61. The quantitative estimate of drug-likeness (QED) is 0.754. The number of hydrogen-bond acceptors (Lipinski definition) is 4. The highest BCUT2D eigenvalue weighted by molar-refractivity contribution is 5.67. The molecule has 0 radical (unpaired) electrons. The Morgan fingerprint density at radius 3 is 1.90 bits per heavy atom. The first kappa shape index (κ1) is 18.5. The number of hydrogen-bond donors (Lipinski definition) is 2. The van der Waals surface area contributed by atoms with E-state index in [1.54, 1.807) is 0 Å². The molecule has 0 aromatic carbocycles. The van der Waals surface area contributed by atoms with E-state index >= 15 is 0 Å². The van der Waals surface area contributed by atoms with Crippen molar-refractivity contribution in [2.75, 3.05) is 27.3 Å². The lowest BCUT2D eigenvalue weighted by molar-refractivity contribution is 0.146. The third-order valence-corrected chi connectivity index (χ3v) is 3.11. The fraction of sp³-hybridized carbons (Fsp3) is 0.857. The summed E-state index contributed by atoms with van der Waals surface area (Å²) < 4.78 is 9.10. The van der Waals surface area contributed by atoms with Crippen LogP contribution in [0.15, 0.2) is 0 Å². The normalized spacial score (nSPS) is 11.7. The van der Waals surface area contributed by atoms with Gasteiger partial charge in [0.25, 0.3) is 0 Å². The zero-order valence-corrected chi connectivity index (χ0v) is 13.5. The van der Waals surface area contributed by atoms with Crippen LogP contribution in [0.1, 0.15) is 40.5 Å². The average molecular weight is 288 g/mol. The number of ether oxygens (including phenoxy) is 2. The molecule has 0 bridgehead atoms. The van der Waals surface area contributed by atoms with Crippen molar-refractivity contribution in [1.29, 1.82) is 0 Å². The summed E-state index contributed by atoms with van der Waals surface area (Å²) in [7, 11) is 2.70. The van der Waals surface area contributed by atoms with Gasteiger partial charge in [0.05, 0.1) is 14.2 Å². The SMILES string of the molecule is COC(=O)NCCC(C)(C)CC(C)(C)CNC(=O)OC. The van der Waals surface area contributed by atoms with Crippen LogP contribution in [-0.2, 0) is 9.47 Å². The van der Waals surface area contributed by atoms with E-state index in [9.17, 15) is 9.59 Å². The molecule has 0 atom stereocenters. The van der Waals surface area contributed by atoms with Crippen LogP contribution < -0.4 is 10.6 Å². The van der Waals surface area contributed by atoms with E-state index < -0.39 is 12.2 Å². The van der Waals surface area contributed by atoms with Crippen molar-refractivity contribution in [2.24, 2.45) is 10.8 Å². The van der Waals surface area contributed by atoms with Crippen molar-refractivity contribution in [2.45, 2.75) is 40.5 Å². The zero-order valence-electron chi connectivity index (χ0n) is 13.5.